The van der Waals surface area contributed by atoms with E-state index in [4.69, 9.17) is 4.74 Å². The number of carbonyl (C=O) groups is 2. The van der Waals surface area contributed by atoms with Crippen molar-refractivity contribution in [2.45, 2.75) is 32.7 Å². The molecule has 1 aliphatic rings. The van der Waals surface area contributed by atoms with Crippen molar-refractivity contribution in [1.82, 2.24) is 4.90 Å². The number of nitrogens with zero attached hydrogens (tertiary/aromatic N) is 1. The highest BCUT2D eigenvalue weighted by molar-refractivity contribution is 5.82. The number of piperidine rings is 1. The van der Waals surface area contributed by atoms with Crippen LogP contribution in [0.4, 0.5) is 4.79 Å². The minimum Gasteiger partial charge on any atom is -0.450 e. The van der Waals surface area contributed by atoms with E-state index in [0.29, 0.717) is 26.0 Å². The zero-order valence-electron chi connectivity index (χ0n) is 8.08. The molecule has 74 valence electrons. The fourth-order valence-corrected chi connectivity index (χ4v) is 1.48. The third-order valence-electron chi connectivity index (χ3n) is 2.19. The summed E-state index contributed by atoms with van der Waals surface area (Å²) >= 11 is 0. The average molecular weight is 185 g/mol. The highest BCUT2D eigenvalue weighted by atomic mass is 16.6. The Balaban J connectivity index is 2.50. The maximum atomic E-state index is 11.3. The van der Waals surface area contributed by atoms with Gasteiger partial charge in [0.15, 0.2) is 0 Å². The molecule has 0 saturated carbocycles. The second kappa shape index (κ2) is 4.25. The number of hydrogen-bond donors (Lipinski definition) is 0. The molecule has 4 heteroatoms. The highest BCUT2D eigenvalue weighted by Gasteiger charge is 2.27. The normalized spacial score (nSPS) is 23.1. The van der Waals surface area contributed by atoms with Gasteiger partial charge in [0.2, 0.25) is 0 Å². The van der Waals surface area contributed by atoms with Gasteiger partial charge in [-0.15, -0.1) is 0 Å². The van der Waals surface area contributed by atoms with Crippen LogP contribution < -0.4 is 0 Å². The third kappa shape index (κ3) is 2.44. The first kappa shape index (κ1) is 10.0. The average Bonchev–Trinajstić information content (AvgIpc) is 2.04. The Labute approximate surface area is 77.8 Å². The van der Waals surface area contributed by atoms with Crippen molar-refractivity contribution in [2.75, 3.05) is 13.2 Å². The van der Waals surface area contributed by atoms with E-state index in [1.807, 2.05) is 6.92 Å². The molecule has 1 atom stereocenters. The predicted molar refractivity (Wildman–Crippen MR) is 47.4 cm³/mol. The molecular weight excluding hydrogens is 170 g/mol. The maximum Gasteiger partial charge on any atom is 0.410 e. The smallest absolute Gasteiger partial charge is 0.410 e. The van der Waals surface area contributed by atoms with Gasteiger partial charge in [0.1, 0.15) is 5.78 Å². The largest absolute Gasteiger partial charge is 0.450 e. The SMILES string of the molecule is CCOC(=O)N1CCC(=O)CC1C. The van der Waals surface area contributed by atoms with Crippen LogP contribution in [0, 0.1) is 0 Å². The molecule has 1 heterocycles. The summed E-state index contributed by atoms with van der Waals surface area (Å²) < 4.78 is 4.86. The van der Waals surface area contributed by atoms with Crippen molar-refractivity contribution in [2.24, 2.45) is 0 Å². The Morgan fingerprint density at radius 2 is 2.38 bits per heavy atom. The number of Topliss-reactive ketones (excluding diaryl/α,β-unsaturated/α-hetero) is 1. The molecule has 1 amide bonds. The molecule has 4 nitrogen and oxygen atoms in total. The number of carbonyl (C=O) groups excluding carboxylic acids is 2. The van der Waals surface area contributed by atoms with Gasteiger partial charge in [-0.3, -0.25) is 4.79 Å². The van der Waals surface area contributed by atoms with Crippen molar-refractivity contribution in [1.29, 1.82) is 0 Å². The molecular formula is C9H15NO3. The lowest BCUT2D eigenvalue weighted by Crippen LogP contribution is -2.45. The molecule has 0 N–H and O–H groups in total. The lowest BCUT2D eigenvalue weighted by molar-refractivity contribution is -0.122. The zero-order chi connectivity index (χ0) is 9.84. The van der Waals surface area contributed by atoms with Gasteiger partial charge in [-0.2, -0.15) is 0 Å². The maximum absolute atomic E-state index is 11.3. The summed E-state index contributed by atoms with van der Waals surface area (Å²) in [6.07, 6.45) is 0.615. The predicted octanol–water partition coefficient (Wildman–Crippen LogP) is 1.20. The summed E-state index contributed by atoms with van der Waals surface area (Å²) in [5, 5.41) is 0. The van der Waals surface area contributed by atoms with E-state index in [-0.39, 0.29) is 17.9 Å². The van der Waals surface area contributed by atoms with Gasteiger partial charge >= 0.3 is 6.09 Å². The first-order valence-electron chi connectivity index (χ1n) is 4.60. The topological polar surface area (TPSA) is 46.6 Å². The van der Waals surface area contributed by atoms with Crippen LogP contribution in [0.1, 0.15) is 26.7 Å². The van der Waals surface area contributed by atoms with Gasteiger partial charge in [-0.25, -0.2) is 4.79 Å². The van der Waals surface area contributed by atoms with Crippen LogP contribution >= 0.6 is 0 Å². The molecule has 0 bridgehead atoms. The Morgan fingerprint density at radius 1 is 1.69 bits per heavy atom. The number of likely N-dealkylation sites (tertiary alicyclic amines) is 1. The van der Waals surface area contributed by atoms with E-state index >= 15 is 0 Å². The highest BCUT2D eigenvalue weighted by Crippen LogP contribution is 2.14. The Morgan fingerprint density at radius 3 is 2.92 bits per heavy atom. The summed E-state index contributed by atoms with van der Waals surface area (Å²) in [6, 6.07) is -0.0136. The van der Waals surface area contributed by atoms with Crippen LogP contribution in [0.5, 0.6) is 0 Å². The third-order valence-corrected chi connectivity index (χ3v) is 2.19. The van der Waals surface area contributed by atoms with E-state index in [1.54, 1.807) is 11.8 Å². The van der Waals surface area contributed by atoms with Gasteiger partial charge < -0.3 is 9.64 Å². The second-order valence-corrected chi connectivity index (χ2v) is 3.23. The Bertz CT molecular complexity index is 215. The molecule has 1 rings (SSSR count). The van der Waals surface area contributed by atoms with E-state index in [9.17, 15) is 9.59 Å². The summed E-state index contributed by atoms with van der Waals surface area (Å²) in [4.78, 5) is 23.9. The number of ketones is 1. The van der Waals surface area contributed by atoms with Crippen LogP contribution in [0.25, 0.3) is 0 Å². The molecule has 0 aromatic heterocycles. The van der Waals surface area contributed by atoms with Crippen LogP contribution in [0.3, 0.4) is 0 Å². The van der Waals surface area contributed by atoms with Crippen LogP contribution in [0.15, 0.2) is 0 Å². The molecule has 0 spiro atoms. The molecule has 0 aromatic rings. The van der Waals surface area contributed by atoms with Crippen molar-refractivity contribution in [3.8, 4) is 0 Å². The van der Waals surface area contributed by atoms with Crippen molar-refractivity contribution in [3.05, 3.63) is 0 Å². The molecule has 1 saturated heterocycles. The van der Waals surface area contributed by atoms with Crippen LogP contribution in [0.2, 0.25) is 0 Å². The molecule has 1 unspecified atom stereocenters. The van der Waals surface area contributed by atoms with Gasteiger partial charge in [0, 0.05) is 25.4 Å². The molecule has 1 aliphatic heterocycles. The van der Waals surface area contributed by atoms with Crippen molar-refractivity contribution >= 4 is 11.9 Å². The number of amides is 1. The number of hydrogen-bond acceptors (Lipinski definition) is 3. The van der Waals surface area contributed by atoms with E-state index in [2.05, 4.69) is 0 Å². The fraction of sp³-hybridized carbons (Fsp3) is 0.778. The Kier molecular flexibility index (Phi) is 3.28. The summed E-state index contributed by atoms with van der Waals surface area (Å²) in [5.74, 6) is 0.230. The number of rotatable bonds is 1. The minimum absolute atomic E-state index is 0.0136. The lowest BCUT2D eigenvalue weighted by Gasteiger charge is -2.31. The van der Waals surface area contributed by atoms with Gasteiger partial charge in [0.25, 0.3) is 0 Å². The fourth-order valence-electron chi connectivity index (χ4n) is 1.48. The first-order valence-corrected chi connectivity index (χ1v) is 4.60. The van der Waals surface area contributed by atoms with Crippen molar-refractivity contribution in [3.63, 3.8) is 0 Å². The minimum atomic E-state index is -0.303. The standard InChI is InChI=1S/C9H15NO3/c1-3-13-9(12)10-5-4-8(11)6-7(10)2/h7H,3-6H2,1-2H3. The molecule has 0 aromatic carbocycles. The lowest BCUT2D eigenvalue weighted by atomic mass is 10.0. The van der Waals surface area contributed by atoms with E-state index < -0.39 is 0 Å². The van der Waals surface area contributed by atoms with E-state index in [1.165, 1.54) is 0 Å². The second-order valence-electron chi connectivity index (χ2n) is 3.23. The van der Waals surface area contributed by atoms with Crippen LogP contribution in [-0.4, -0.2) is 36.0 Å². The molecule has 1 fully saturated rings. The Hall–Kier alpha value is -1.06. The van der Waals surface area contributed by atoms with Gasteiger partial charge in [0.05, 0.1) is 6.61 Å². The monoisotopic (exact) mass is 185 g/mol. The summed E-state index contributed by atoms with van der Waals surface area (Å²) in [7, 11) is 0. The zero-order valence-corrected chi connectivity index (χ0v) is 8.08. The van der Waals surface area contributed by atoms with Gasteiger partial charge in [-0.1, -0.05) is 0 Å². The first-order chi connectivity index (χ1) is 6.15. The molecule has 0 radical (unpaired) electrons. The molecule has 13 heavy (non-hydrogen) atoms. The van der Waals surface area contributed by atoms with E-state index in [0.717, 1.165) is 0 Å². The quantitative estimate of drug-likeness (QED) is 0.616. The van der Waals surface area contributed by atoms with Crippen LogP contribution in [-0.2, 0) is 9.53 Å². The molecule has 0 aliphatic carbocycles. The number of ether oxygens (including phenoxy) is 1. The summed E-state index contributed by atoms with van der Waals surface area (Å²) in [5.41, 5.74) is 0. The summed E-state index contributed by atoms with van der Waals surface area (Å²) in [6.45, 7) is 4.53. The van der Waals surface area contributed by atoms with Gasteiger partial charge in [-0.05, 0) is 13.8 Å². The van der Waals surface area contributed by atoms with Crippen molar-refractivity contribution < 1.29 is 14.3 Å².